The highest BCUT2D eigenvalue weighted by Gasteiger charge is 2.22. The molecule has 5 heteroatoms. The van der Waals surface area contributed by atoms with E-state index in [9.17, 15) is 9.59 Å². The lowest BCUT2D eigenvalue weighted by Crippen LogP contribution is -2.36. The molecule has 1 saturated heterocycles. The van der Waals surface area contributed by atoms with Gasteiger partial charge in [-0.25, -0.2) is 0 Å². The van der Waals surface area contributed by atoms with Crippen molar-refractivity contribution in [2.24, 2.45) is 0 Å². The maximum atomic E-state index is 12.5. The maximum absolute atomic E-state index is 12.5. The van der Waals surface area contributed by atoms with Crippen molar-refractivity contribution < 1.29 is 14.0 Å². The molecule has 0 bridgehead atoms. The minimum atomic E-state index is -0.0546. The third-order valence-electron chi connectivity index (χ3n) is 3.99. The van der Waals surface area contributed by atoms with Gasteiger partial charge in [0.15, 0.2) is 0 Å². The number of hydrogen-bond acceptors (Lipinski definition) is 3. The lowest BCUT2D eigenvalue weighted by molar-refractivity contribution is -0.130. The van der Waals surface area contributed by atoms with E-state index in [0.717, 1.165) is 31.7 Å². The highest BCUT2D eigenvalue weighted by molar-refractivity contribution is 5.95. The Bertz CT molecular complexity index is 516. The topological polar surface area (TPSA) is 53.8 Å². The Morgan fingerprint density at radius 3 is 2.48 bits per heavy atom. The van der Waals surface area contributed by atoms with E-state index in [1.165, 1.54) is 0 Å². The van der Waals surface area contributed by atoms with Crippen molar-refractivity contribution >= 4 is 11.8 Å². The summed E-state index contributed by atoms with van der Waals surface area (Å²) in [5.74, 6) is 1.47. The molecule has 1 aliphatic rings. The Labute approximate surface area is 125 Å². The van der Waals surface area contributed by atoms with E-state index >= 15 is 0 Å². The Morgan fingerprint density at radius 2 is 1.95 bits per heavy atom. The first-order chi connectivity index (χ1) is 10.0. The highest BCUT2D eigenvalue weighted by Crippen LogP contribution is 2.16. The fourth-order valence-electron chi connectivity index (χ4n) is 2.77. The van der Waals surface area contributed by atoms with Gasteiger partial charge in [0.25, 0.3) is 5.91 Å². The lowest BCUT2D eigenvalue weighted by Gasteiger charge is -2.22. The van der Waals surface area contributed by atoms with Crippen molar-refractivity contribution in [2.75, 3.05) is 26.2 Å². The Hall–Kier alpha value is -1.78. The van der Waals surface area contributed by atoms with E-state index < -0.39 is 0 Å². The van der Waals surface area contributed by atoms with Crippen LogP contribution in [0.4, 0.5) is 0 Å². The normalized spacial score (nSPS) is 14.5. The van der Waals surface area contributed by atoms with E-state index in [1.807, 2.05) is 18.7 Å². The fraction of sp³-hybridized carbons (Fsp3) is 0.625. The van der Waals surface area contributed by atoms with Crippen LogP contribution < -0.4 is 0 Å². The molecular formula is C16H24N2O3. The van der Waals surface area contributed by atoms with Crippen LogP contribution in [0.25, 0.3) is 0 Å². The molecule has 1 aromatic rings. The van der Waals surface area contributed by atoms with Crippen molar-refractivity contribution in [1.82, 2.24) is 9.80 Å². The molecule has 0 N–H and O–H groups in total. The summed E-state index contributed by atoms with van der Waals surface area (Å²) in [6.45, 7) is 8.34. The molecule has 0 atom stereocenters. The monoisotopic (exact) mass is 292 g/mol. The van der Waals surface area contributed by atoms with Gasteiger partial charge in [-0.1, -0.05) is 0 Å². The van der Waals surface area contributed by atoms with Crippen molar-refractivity contribution in [3.8, 4) is 0 Å². The lowest BCUT2D eigenvalue weighted by atomic mass is 10.2. The minimum absolute atomic E-state index is 0.0546. The van der Waals surface area contributed by atoms with Crippen LogP contribution in [0.15, 0.2) is 10.5 Å². The number of nitrogens with zero attached hydrogens (tertiary/aromatic N) is 2. The predicted molar refractivity (Wildman–Crippen MR) is 80.2 cm³/mol. The van der Waals surface area contributed by atoms with Crippen molar-refractivity contribution in [3.05, 3.63) is 23.2 Å². The van der Waals surface area contributed by atoms with Gasteiger partial charge in [-0.15, -0.1) is 0 Å². The van der Waals surface area contributed by atoms with Gasteiger partial charge in [-0.2, -0.15) is 0 Å². The second-order valence-corrected chi connectivity index (χ2v) is 5.55. The van der Waals surface area contributed by atoms with Gasteiger partial charge in [0, 0.05) is 32.6 Å². The smallest absolute Gasteiger partial charge is 0.257 e. The first-order valence-corrected chi connectivity index (χ1v) is 7.67. The molecule has 5 nitrogen and oxygen atoms in total. The van der Waals surface area contributed by atoms with Crippen molar-refractivity contribution in [2.45, 2.75) is 40.0 Å². The van der Waals surface area contributed by atoms with Gasteiger partial charge in [-0.3, -0.25) is 9.59 Å². The minimum Gasteiger partial charge on any atom is -0.466 e. The van der Waals surface area contributed by atoms with Gasteiger partial charge >= 0.3 is 0 Å². The molecule has 1 fully saturated rings. The maximum Gasteiger partial charge on any atom is 0.257 e. The van der Waals surface area contributed by atoms with Gasteiger partial charge in [-0.05, 0) is 39.7 Å². The van der Waals surface area contributed by atoms with Crippen LogP contribution in [-0.2, 0) is 4.79 Å². The molecule has 0 aromatic carbocycles. The Kier molecular flexibility index (Phi) is 5.04. The second kappa shape index (κ2) is 6.78. The molecule has 21 heavy (non-hydrogen) atoms. The van der Waals surface area contributed by atoms with Crippen LogP contribution in [0.2, 0.25) is 0 Å². The van der Waals surface area contributed by atoms with E-state index in [2.05, 4.69) is 0 Å². The van der Waals surface area contributed by atoms with E-state index in [-0.39, 0.29) is 11.8 Å². The molecule has 0 unspecified atom stereocenters. The third-order valence-corrected chi connectivity index (χ3v) is 3.99. The molecule has 2 rings (SSSR count). The Balaban J connectivity index is 1.94. The zero-order valence-electron chi connectivity index (χ0n) is 13.1. The third kappa shape index (κ3) is 3.65. The first kappa shape index (κ1) is 15.6. The number of hydrogen-bond donors (Lipinski definition) is 0. The molecule has 1 aliphatic heterocycles. The van der Waals surface area contributed by atoms with E-state index in [1.54, 1.807) is 17.9 Å². The SMILES string of the molecule is CCN(CCC(=O)N1CCCC1)C(=O)c1cc(C)oc1C. The second-order valence-electron chi connectivity index (χ2n) is 5.55. The van der Waals surface area contributed by atoms with Crippen LogP contribution in [0, 0.1) is 13.8 Å². The molecule has 0 saturated carbocycles. The van der Waals surface area contributed by atoms with Crippen LogP contribution >= 0.6 is 0 Å². The first-order valence-electron chi connectivity index (χ1n) is 7.67. The summed E-state index contributed by atoms with van der Waals surface area (Å²) in [6, 6.07) is 1.77. The summed E-state index contributed by atoms with van der Waals surface area (Å²) in [7, 11) is 0. The number of rotatable bonds is 5. The van der Waals surface area contributed by atoms with Crippen LogP contribution in [0.3, 0.4) is 0 Å². The number of aryl methyl sites for hydroxylation is 2. The number of amides is 2. The van der Waals surface area contributed by atoms with Crippen molar-refractivity contribution in [1.29, 1.82) is 0 Å². The van der Waals surface area contributed by atoms with Crippen LogP contribution in [0.5, 0.6) is 0 Å². The molecule has 1 aromatic heterocycles. The predicted octanol–water partition coefficient (Wildman–Crippen LogP) is 2.37. The molecule has 116 valence electrons. The molecule has 0 spiro atoms. The van der Waals surface area contributed by atoms with Crippen molar-refractivity contribution in [3.63, 3.8) is 0 Å². The summed E-state index contributed by atoms with van der Waals surface area (Å²) in [5, 5.41) is 0. The highest BCUT2D eigenvalue weighted by atomic mass is 16.3. The average molecular weight is 292 g/mol. The molecule has 2 heterocycles. The largest absolute Gasteiger partial charge is 0.466 e. The molecular weight excluding hydrogens is 268 g/mol. The number of furan rings is 1. The van der Waals surface area contributed by atoms with Gasteiger partial charge in [0.05, 0.1) is 5.56 Å². The molecule has 2 amide bonds. The quantitative estimate of drug-likeness (QED) is 0.837. The standard InChI is InChI=1S/C16H24N2O3/c1-4-17(10-7-15(19)18-8-5-6-9-18)16(20)14-11-12(2)21-13(14)3/h11H,4-10H2,1-3H3. The zero-order chi connectivity index (χ0) is 15.4. The summed E-state index contributed by atoms with van der Waals surface area (Å²) >= 11 is 0. The Morgan fingerprint density at radius 1 is 1.29 bits per heavy atom. The van der Waals surface area contributed by atoms with Gasteiger partial charge in [0.2, 0.25) is 5.91 Å². The summed E-state index contributed by atoms with van der Waals surface area (Å²) in [6.07, 6.45) is 2.58. The average Bonchev–Trinajstić information content (AvgIpc) is 3.08. The zero-order valence-corrected chi connectivity index (χ0v) is 13.1. The van der Waals surface area contributed by atoms with Crippen LogP contribution in [0.1, 0.15) is 48.1 Å². The number of likely N-dealkylation sites (tertiary alicyclic amines) is 1. The summed E-state index contributed by atoms with van der Waals surface area (Å²) in [5.41, 5.74) is 0.600. The molecule has 0 aliphatic carbocycles. The van der Waals surface area contributed by atoms with Gasteiger partial charge < -0.3 is 14.2 Å². The fourth-order valence-corrected chi connectivity index (χ4v) is 2.77. The summed E-state index contributed by atoms with van der Waals surface area (Å²) < 4.78 is 5.41. The molecule has 0 radical (unpaired) electrons. The van der Waals surface area contributed by atoms with E-state index in [4.69, 9.17) is 4.42 Å². The summed E-state index contributed by atoms with van der Waals surface area (Å²) in [4.78, 5) is 28.2. The van der Waals surface area contributed by atoms with Crippen LogP contribution in [-0.4, -0.2) is 47.8 Å². The van der Waals surface area contributed by atoms with Gasteiger partial charge in [0.1, 0.15) is 11.5 Å². The number of carbonyl (C=O) groups excluding carboxylic acids is 2. The number of carbonyl (C=O) groups is 2. The van der Waals surface area contributed by atoms with E-state index in [0.29, 0.717) is 30.8 Å².